The number of aromatic nitrogens is 2. The summed E-state index contributed by atoms with van der Waals surface area (Å²) in [5.41, 5.74) is 0.536. The van der Waals surface area contributed by atoms with E-state index in [2.05, 4.69) is 4.98 Å². The first kappa shape index (κ1) is 12.2. The maximum atomic E-state index is 12.5. The first-order valence-corrected chi connectivity index (χ1v) is 6.47. The molecule has 1 heterocycles. The highest BCUT2D eigenvalue weighted by Crippen LogP contribution is 2.35. The van der Waals surface area contributed by atoms with E-state index in [1.807, 2.05) is 0 Å². The topological polar surface area (TPSA) is 56.2 Å². The average molecular weight is 278 g/mol. The molecule has 0 radical (unpaired) electrons. The van der Waals surface area contributed by atoms with Crippen molar-refractivity contribution in [3.05, 3.63) is 27.3 Å². The lowest BCUT2D eigenvalue weighted by Gasteiger charge is -2.11. The number of rotatable bonds is 3. The number of aromatic amines is 1. The summed E-state index contributed by atoms with van der Waals surface area (Å²) in [6.45, 7) is 0. The Kier molecular flexibility index (Phi) is 2.82. The van der Waals surface area contributed by atoms with Crippen LogP contribution in [0.25, 0.3) is 10.9 Å². The smallest absolute Gasteiger partial charge is 0.262 e. The minimum atomic E-state index is -0.0848. The average Bonchev–Trinajstić information content (AvgIpc) is 3.22. The Balaban J connectivity index is 2.41. The predicted octanol–water partition coefficient (Wildman–Crippen LogP) is 2.41. The van der Waals surface area contributed by atoms with Gasteiger partial charge in [-0.25, -0.2) is 0 Å². The van der Waals surface area contributed by atoms with Crippen LogP contribution in [-0.4, -0.2) is 23.8 Å². The highest BCUT2D eigenvalue weighted by atomic mass is 32.1. The van der Waals surface area contributed by atoms with E-state index in [0.29, 0.717) is 27.2 Å². The van der Waals surface area contributed by atoms with E-state index in [-0.39, 0.29) is 11.6 Å². The molecule has 1 N–H and O–H groups in total. The molecule has 1 saturated carbocycles. The molecule has 0 amide bonds. The molecule has 2 aromatic rings. The fourth-order valence-electron chi connectivity index (χ4n) is 2.22. The first-order valence-electron chi connectivity index (χ1n) is 6.06. The molecular formula is C13H14N2O3S. The van der Waals surface area contributed by atoms with Crippen LogP contribution in [0.5, 0.6) is 11.5 Å². The van der Waals surface area contributed by atoms with Gasteiger partial charge in [0.1, 0.15) is 11.5 Å². The van der Waals surface area contributed by atoms with Crippen LogP contribution in [-0.2, 0) is 0 Å². The molecule has 0 unspecified atom stereocenters. The standard InChI is InChI=1S/C13H14N2O3S/c1-17-8-5-9-11(10(6-8)18-2)14-13(19)15(12(9)16)7-3-4-7/h5-7H,3-4H2,1-2H3,(H,14,19). The van der Waals surface area contributed by atoms with Gasteiger partial charge in [0.2, 0.25) is 0 Å². The lowest BCUT2D eigenvalue weighted by Crippen LogP contribution is -2.21. The second-order valence-corrected chi connectivity index (χ2v) is 4.98. The molecule has 3 rings (SSSR count). The Morgan fingerprint density at radius 2 is 2.05 bits per heavy atom. The molecule has 1 aliphatic rings. The molecule has 100 valence electrons. The Labute approximate surface area is 114 Å². The van der Waals surface area contributed by atoms with Crippen LogP contribution in [0.15, 0.2) is 16.9 Å². The molecule has 0 aliphatic heterocycles. The number of ether oxygens (including phenoxy) is 2. The van der Waals surface area contributed by atoms with Crippen molar-refractivity contribution in [2.75, 3.05) is 14.2 Å². The van der Waals surface area contributed by atoms with Crippen LogP contribution >= 0.6 is 12.2 Å². The summed E-state index contributed by atoms with van der Waals surface area (Å²) in [6.07, 6.45) is 2.01. The van der Waals surface area contributed by atoms with Crippen LogP contribution in [0, 0.1) is 4.77 Å². The molecule has 0 bridgehead atoms. The summed E-state index contributed by atoms with van der Waals surface area (Å²) in [4.78, 5) is 15.6. The van der Waals surface area contributed by atoms with E-state index in [1.165, 1.54) is 0 Å². The van der Waals surface area contributed by atoms with Gasteiger partial charge in [0.25, 0.3) is 5.56 Å². The highest BCUT2D eigenvalue weighted by Gasteiger charge is 2.27. The summed E-state index contributed by atoms with van der Waals surface area (Å²) in [6, 6.07) is 3.68. The minimum absolute atomic E-state index is 0.0848. The second-order valence-electron chi connectivity index (χ2n) is 4.59. The van der Waals surface area contributed by atoms with E-state index in [4.69, 9.17) is 21.7 Å². The Morgan fingerprint density at radius 3 is 2.63 bits per heavy atom. The monoisotopic (exact) mass is 278 g/mol. The molecule has 1 aromatic carbocycles. The molecule has 0 spiro atoms. The number of H-pyrrole nitrogens is 1. The van der Waals surface area contributed by atoms with Crippen molar-refractivity contribution >= 4 is 23.1 Å². The number of benzene rings is 1. The fraction of sp³-hybridized carbons (Fsp3) is 0.385. The fourth-order valence-corrected chi connectivity index (χ4v) is 2.55. The maximum Gasteiger partial charge on any atom is 0.262 e. The number of methoxy groups -OCH3 is 2. The van der Waals surface area contributed by atoms with Crippen molar-refractivity contribution in [3.63, 3.8) is 0 Å². The number of nitrogens with zero attached hydrogens (tertiary/aromatic N) is 1. The minimum Gasteiger partial charge on any atom is -0.497 e. The SMILES string of the molecule is COc1cc(OC)c2[nH]c(=S)n(C3CC3)c(=O)c2c1. The van der Waals surface area contributed by atoms with Crippen molar-refractivity contribution in [1.29, 1.82) is 0 Å². The van der Waals surface area contributed by atoms with Gasteiger partial charge in [-0.15, -0.1) is 0 Å². The van der Waals surface area contributed by atoms with Crippen molar-refractivity contribution in [3.8, 4) is 11.5 Å². The summed E-state index contributed by atoms with van der Waals surface area (Å²) in [7, 11) is 3.11. The molecule has 6 heteroatoms. The van der Waals surface area contributed by atoms with Gasteiger partial charge in [-0.1, -0.05) is 0 Å². The molecule has 0 saturated heterocycles. The third-order valence-electron chi connectivity index (χ3n) is 3.34. The summed E-state index contributed by atoms with van der Waals surface area (Å²) >= 11 is 5.27. The third kappa shape index (κ3) is 1.92. The van der Waals surface area contributed by atoms with Gasteiger partial charge in [0.05, 0.1) is 25.1 Å². The largest absolute Gasteiger partial charge is 0.497 e. The van der Waals surface area contributed by atoms with Gasteiger partial charge in [-0.05, 0) is 31.1 Å². The number of hydrogen-bond acceptors (Lipinski definition) is 4. The normalized spacial score (nSPS) is 14.6. The number of nitrogens with one attached hydrogen (secondary N) is 1. The quantitative estimate of drug-likeness (QED) is 0.876. The zero-order valence-corrected chi connectivity index (χ0v) is 11.5. The van der Waals surface area contributed by atoms with Gasteiger partial charge in [-0.3, -0.25) is 9.36 Å². The van der Waals surface area contributed by atoms with Crippen molar-refractivity contribution < 1.29 is 9.47 Å². The lowest BCUT2D eigenvalue weighted by molar-refractivity contribution is 0.397. The zero-order chi connectivity index (χ0) is 13.6. The van der Waals surface area contributed by atoms with E-state index in [1.54, 1.807) is 30.9 Å². The van der Waals surface area contributed by atoms with Gasteiger partial charge < -0.3 is 14.5 Å². The highest BCUT2D eigenvalue weighted by molar-refractivity contribution is 7.71. The van der Waals surface area contributed by atoms with Crippen molar-refractivity contribution in [2.45, 2.75) is 18.9 Å². The number of fused-ring (bicyclic) bond motifs is 1. The molecule has 1 aromatic heterocycles. The van der Waals surface area contributed by atoms with Gasteiger partial charge in [0.15, 0.2) is 4.77 Å². The molecule has 1 aliphatic carbocycles. The van der Waals surface area contributed by atoms with Crippen LogP contribution in [0.3, 0.4) is 0 Å². The summed E-state index contributed by atoms with van der Waals surface area (Å²) in [5.74, 6) is 1.15. The predicted molar refractivity (Wildman–Crippen MR) is 74.8 cm³/mol. The first-order chi connectivity index (χ1) is 9.15. The van der Waals surface area contributed by atoms with Crippen LogP contribution in [0.2, 0.25) is 0 Å². The van der Waals surface area contributed by atoms with E-state index in [9.17, 15) is 4.79 Å². The van der Waals surface area contributed by atoms with E-state index < -0.39 is 0 Å². The lowest BCUT2D eigenvalue weighted by atomic mass is 10.2. The van der Waals surface area contributed by atoms with Crippen LogP contribution < -0.4 is 15.0 Å². The Morgan fingerprint density at radius 1 is 1.32 bits per heavy atom. The maximum absolute atomic E-state index is 12.5. The molecular weight excluding hydrogens is 264 g/mol. The molecule has 1 fully saturated rings. The molecule has 0 atom stereocenters. The van der Waals surface area contributed by atoms with E-state index in [0.717, 1.165) is 12.8 Å². The van der Waals surface area contributed by atoms with Gasteiger partial charge in [-0.2, -0.15) is 0 Å². The zero-order valence-electron chi connectivity index (χ0n) is 10.7. The van der Waals surface area contributed by atoms with Crippen molar-refractivity contribution in [1.82, 2.24) is 9.55 Å². The third-order valence-corrected chi connectivity index (χ3v) is 3.64. The van der Waals surface area contributed by atoms with E-state index >= 15 is 0 Å². The van der Waals surface area contributed by atoms with Crippen LogP contribution in [0.4, 0.5) is 0 Å². The van der Waals surface area contributed by atoms with Gasteiger partial charge in [0, 0.05) is 12.1 Å². The molecule has 5 nitrogen and oxygen atoms in total. The Hall–Kier alpha value is -1.82. The molecule has 19 heavy (non-hydrogen) atoms. The Bertz CT molecular complexity index is 759. The van der Waals surface area contributed by atoms with Gasteiger partial charge >= 0.3 is 0 Å². The summed E-state index contributed by atoms with van der Waals surface area (Å²) < 4.78 is 12.6. The van der Waals surface area contributed by atoms with Crippen molar-refractivity contribution in [2.24, 2.45) is 0 Å². The number of hydrogen-bond donors (Lipinski definition) is 1. The second kappa shape index (κ2) is 4.38. The summed E-state index contributed by atoms with van der Waals surface area (Å²) in [5, 5.41) is 0.539. The van der Waals surface area contributed by atoms with Crippen LogP contribution in [0.1, 0.15) is 18.9 Å².